The highest BCUT2D eigenvalue weighted by molar-refractivity contribution is 6.71. The molecule has 0 saturated carbocycles. The summed E-state index contributed by atoms with van der Waals surface area (Å²) in [6, 6.07) is 0. The smallest absolute Gasteiger partial charge is 0.392 e. The van der Waals surface area contributed by atoms with Crippen LogP contribution in [0.1, 0.15) is 55.4 Å². The van der Waals surface area contributed by atoms with Crippen molar-refractivity contribution in [3.05, 3.63) is 24.6 Å². The third-order valence-electron chi connectivity index (χ3n) is 2.68. The summed E-state index contributed by atoms with van der Waals surface area (Å²) in [5.41, 5.74) is 3.51. The minimum absolute atomic E-state index is 0.0761. The molecule has 0 aliphatic carbocycles. The van der Waals surface area contributed by atoms with Gasteiger partial charge in [-0.25, -0.2) is 0 Å². The van der Waals surface area contributed by atoms with Crippen LogP contribution < -0.4 is 0 Å². The Morgan fingerprint density at radius 2 is 1.04 bits per heavy atom. The van der Waals surface area contributed by atoms with Gasteiger partial charge in [-0.05, 0) is 73.3 Å². The standard InChI is InChI=1S/C11H24O3Si.C7H16O2Si/c1-8-15(12-9(2)3,13-10(4)5)14-11(6)7;1-5-8-10(4,7-3)9-6-2/h8-11H,1H2,2-7H3;7H,3,5-6H2,1-2,4H3. The fourth-order valence-corrected chi connectivity index (χ4v) is 5.84. The maximum absolute atomic E-state index is 5.79. The lowest BCUT2D eigenvalue weighted by atomic mass is 10.5. The molecule has 0 rings (SSSR count). The van der Waals surface area contributed by atoms with E-state index in [1.165, 1.54) is 0 Å². The van der Waals surface area contributed by atoms with Crippen LogP contribution in [0.25, 0.3) is 0 Å². The van der Waals surface area contributed by atoms with Crippen LogP contribution in [0.15, 0.2) is 24.6 Å². The largest absolute Gasteiger partial charge is 0.529 e. The number of hydrogen-bond donors (Lipinski definition) is 0. The molecule has 25 heavy (non-hydrogen) atoms. The maximum atomic E-state index is 5.79. The van der Waals surface area contributed by atoms with E-state index in [4.69, 9.17) is 22.1 Å². The predicted molar refractivity (Wildman–Crippen MR) is 110 cm³/mol. The Balaban J connectivity index is 0. The zero-order valence-electron chi connectivity index (χ0n) is 17.8. The molecular formula is C18H40O5Si2. The molecule has 0 saturated heterocycles. The van der Waals surface area contributed by atoms with Crippen molar-refractivity contribution >= 4 is 17.4 Å². The van der Waals surface area contributed by atoms with E-state index < -0.39 is 17.4 Å². The summed E-state index contributed by atoms with van der Waals surface area (Å²) in [5.74, 6) is 0. The second-order valence-electron chi connectivity index (χ2n) is 6.39. The van der Waals surface area contributed by atoms with Gasteiger partial charge in [0.25, 0.3) is 0 Å². The molecule has 0 unspecified atom stereocenters. The third kappa shape index (κ3) is 13.6. The van der Waals surface area contributed by atoms with Crippen LogP contribution in [0.5, 0.6) is 0 Å². The molecule has 0 aromatic heterocycles. The molecule has 0 spiro atoms. The van der Waals surface area contributed by atoms with E-state index in [1.807, 2.05) is 61.9 Å². The lowest BCUT2D eigenvalue weighted by Gasteiger charge is -2.31. The van der Waals surface area contributed by atoms with E-state index in [9.17, 15) is 0 Å². The van der Waals surface area contributed by atoms with Crippen molar-refractivity contribution in [3.8, 4) is 0 Å². The van der Waals surface area contributed by atoms with E-state index >= 15 is 0 Å². The van der Waals surface area contributed by atoms with Gasteiger partial charge in [-0.3, -0.25) is 0 Å². The Morgan fingerprint density at radius 1 is 0.720 bits per heavy atom. The van der Waals surface area contributed by atoms with Crippen molar-refractivity contribution in [1.29, 1.82) is 0 Å². The summed E-state index contributed by atoms with van der Waals surface area (Å²) in [5, 5.41) is 0. The average Bonchev–Trinajstić information content (AvgIpc) is 2.46. The minimum Gasteiger partial charge on any atom is -0.392 e. The van der Waals surface area contributed by atoms with Gasteiger partial charge in [0.15, 0.2) is 0 Å². The highest BCUT2D eigenvalue weighted by Gasteiger charge is 2.41. The molecule has 0 bridgehead atoms. The molecule has 5 nitrogen and oxygen atoms in total. The van der Waals surface area contributed by atoms with Crippen molar-refractivity contribution in [3.63, 3.8) is 0 Å². The highest BCUT2D eigenvalue weighted by Crippen LogP contribution is 2.18. The minimum atomic E-state index is -2.69. The van der Waals surface area contributed by atoms with Crippen LogP contribution in [0, 0.1) is 0 Å². The van der Waals surface area contributed by atoms with Crippen LogP contribution in [-0.4, -0.2) is 48.9 Å². The summed E-state index contributed by atoms with van der Waals surface area (Å²) in [7, 11) is -4.65. The fourth-order valence-electron chi connectivity index (χ4n) is 1.95. The average molecular weight is 393 g/mol. The molecule has 0 aliphatic heterocycles. The SMILES string of the molecule is C=C[Si](C)(OCC)OCC.C=C[Si](OC(C)C)(OC(C)C)OC(C)C. The summed E-state index contributed by atoms with van der Waals surface area (Å²) in [4.78, 5) is 0. The third-order valence-corrected chi connectivity index (χ3v) is 8.05. The van der Waals surface area contributed by atoms with E-state index in [0.717, 1.165) is 0 Å². The van der Waals surface area contributed by atoms with Crippen molar-refractivity contribution < 1.29 is 22.1 Å². The van der Waals surface area contributed by atoms with Crippen LogP contribution in [-0.2, 0) is 22.1 Å². The molecule has 0 N–H and O–H groups in total. The van der Waals surface area contributed by atoms with E-state index in [-0.39, 0.29) is 18.3 Å². The second kappa shape index (κ2) is 13.9. The fraction of sp³-hybridized carbons (Fsp3) is 0.778. The Hall–Kier alpha value is -0.286. The summed E-state index contributed by atoms with van der Waals surface area (Å²) >= 11 is 0. The Labute approximate surface area is 158 Å². The summed E-state index contributed by atoms with van der Waals surface area (Å²) in [6.07, 6.45) is 0.228. The summed E-state index contributed by atoms with van der Waals surface area (Å²) < 4.78 is 28.2. The van der Waals surface area contributed by atoms with Crippen LogP contribution >= 0.6 is 0 Å². The van der Waals surface area contributed by atoms with Gasteiger partial charge < -0.3 is 22.1 Å². The molecule has 0 aliphatic rings. The molecule has 7 heteroatoms. The predicted octanol–water partition coefficient (Wildman–Crippen LogP) is 4.78. The zero-order chi connectivity index (χ0) is 20.1. The van der Waals surface area contributed by atoms with Crippen molar-refractivity contribution in [2.75, 3.05) is 13.2 Å². The Bertz CT molecular complexity index is 327. The molecule has 0 aromatic rings. The van der Waals surface area contributed by atoms with Crippen LogP contribution in [0.4, 0.5) is 0 Å². The number of hydrogen-bond acceptors (Lipinski definition) is 5. The maximum Gasteiger partial charge on any atom is 0.529 e. The normalized spacial score (nSPS) is 12.3. The van der Waals surface area contributed by atoms with E-state index in [1.54, 1.807) is 11.4 Å². The van der Waals surface area contributed by atoms with E-state index in [0.29, 0.717) is 13.2 Å². The van der Waals surface area contributed by atoms with Crippen LogP contribution in [0.2, 0.25) is 6.55 Å². The first-order valence-corrected chi connectivity index (χ1v) is 13.3. The zero-order valence-corrected chi connectivity index (χ0v) is 19.8. The van der Waals surface area contributed by atoms with Gasteiger partial charge in [-0.15, -0.1) is 6.58 Å². The number of rotatable bonds is 12. The molecule has 0 atom stereocenters. The molecule has 150 valence electrons. The highest BCUT2D eigenvalue weighted by atomic mass is 28.4. The quantitative estimate of drug-likeness (QED) is 0.447. The molecular weight excluding hydrogens is 352 g/mol. The lowest BCUT2D eigenvalue weighted by Crippen LogP contribution is -2.49. The van der Waals surface area contributed by atoms with Gasteiger partial charge in [0.1, 0.15) is 0 Å². The van der Waals surface area contributed by atoms with Crippen molar-refractivity contribution in [2.24, 2.45) is 0 Å². The second-order valence-corrected chi connectivity index (χ2v) is 11.7. The van der Waals surface area contributed by atoms with Gasteiger partial charge in [-0.1, -0.05) is 6.58 Å². The molecule has 0 amide bonds. The molecule has 0 radical (unpaired) electrons. The first kappa shape index (κ1) is 26.9. The summed E-state index contributed by atoms with van der Waals surface area (Å²) in [6.45, 7) is 26.6. The van der Waals surface area contributed by atoms with Gasteiger partial charge in [0, 0.05) is 31.5 Å². The Morgan fingerprint density at radius 3 is 1.20 bits per heavy atom. The molecule has 0 fully saturated rings. The van der Waals surface area contributed by atoms with Crippen molar-refractivity contribution in [1.82, 2.24) is 0 Å². The van der Waals surface area contributed by atoms with Crippen LogP contribution in [0.3, 0.4) is 0 Å². The Kier molecular flexibility index (Phi) is 14.9. The first-order valence-electron chi connectivity index (χ1n) is 9.08. The van der Waals surface area contributed by atoms with Gasteiger partial charge in [0.2, 0.25) is 0 Å². The topological polar surface area (TPSA) is 46.2 Å². The van der Waals surface area contributed by atoms with E-state index in [2.05, 4.69) is 13.2 Å². The lowest BCUT2D eigenvalue weighted by molar-refractivity contribution is 0.0140. The van der Waals surface area contributed by atoms with Gasteiger partial charge >= 0.3 is 17.4 Å². The monoisotopic (exact) mass is 392 g/mol. The molecule has 0 aromatic carbocycles. The van der Waals surface area contributed by atoms with Crippen molar-refractivity contribution in [2.45, 2.75) is 80.2 Å². The first-order chi connectivity index (χ1) is 11.5. The van der Waals surface area contributed by atoms with Gasteiger partial charge in [0.05, 0.1) is 0 Å². The van der Waals surface area contributed by atoms with Gasteiger partial charge in [-0.2, -0.15) is 0 Å². The molecule has 0 heterocycles.